The summed E-state index contributed by atoms with van der Waals surface area (Å²) < 4.78 is 73.9. The molecule has 2 aromatic rings. The molecule has 1 aliphatic rings. The average Bonchev–Trinajstić information content (AvgIpc) is 3.07. The lowest BCUT2D eigenvalue weighted by molar-refractivity contribution is -0.275. The van der Waals surface area contributed by atoms with Crippen molar-refractivity contribution in [3.05, 3.63) is 41.3 Å². The van der Waals surface area contributed by atoms with Gasteiger partial charge in [-0.2, -0.15) is 4.31 Å². The van der Waals surface area contributed by atoms with E-state index in [4.69, 9.17) is 4.52 Å². The van der Waals surface area contributed by atoms with Crippen molar-refractivity contribution >= 4 is 15.9 Å². The molecule has 0 radical (unpaired) electrons. The van der Waals surface area contributed by atoms with Crippen LogP contribution in [0.2, 0.25) is 0 Å². The lowest BCUT2D eigenvalue weighted by atomic mass is 10.2. The maximum Gasteiger partial charge on any atom is 0.573 e. The molecule has 2 heterocycles. The number of alkyl halides is 3. The van der Waals surface area contributed by atoms with Crippen LogP contribution in [0.4, 0.5) is 13.2 Å². The number of benzene rings is 1. The van der Waals surface area contributed by atoms with E-state index >= 15 is 0 Å². The highest BCUT2D eigenvalue weighted by Crippen LogP contribution is 2.27. The van der Waals surface area contributed by atoms with Gasteiger partial charge in [0.25, 0.3) is 0 Å². The van der Waals surface area contributed by atoms with Crippen LogP contribution in [0, 0.1) is 13.8 Å². The number of likely N-dealkylation sites (N-methyl/N-ethyl adjacent to an activating group) is 1. The van der Waals surface area contributed by atoms with Crippen molar-refractivity contribution in [3.63, 3.8) is 0 Å². The number of para-hydroxylation sites is 1. The van der Waals surface area contributed by atoms with Gasteiger partial charge >= 0.3 is 6.36 Å². The lowest BCUT2D eigenvalue weighted by Crippen LogP contribution is -2.52. The summed E-state index contributed by atoms with van der Waals surface area (Å²) in [5, 5.41) is 3.69. The van der Waals surface area contributed by atoms with Crippen molar-refractivity contribution in [2.24, 2.45) is 0 Å². The molecule has 1 amide bonds. The molecular weight excluding hydrogens is 465 g/mol. The third-order valence-electron chi connectivity index (χ3n) is 5.20. The molecule has 0 aliphatic carbocycles. The molecular formula is C20H25F3N4O5S. The smallest absolute Gasteiger partial charge is 0.405 e. The average molecular weight is 491 g/mol. The summed E-state index contributed by atoms with van der Waals surface area (Å²) in [6, 6.07) is 5.75. The molecule has 1 saturated heterocycles. The van der Waals surface area contributed by atoms with Crippen molar-refractivity contribution in [3.8, 4) is 5.75 Å². The fourth-order valence-corrected chi connectivity index (χ4v) is 5.40. The first-order valence-electron chi connectivity index (χ1n) is 10.1. The van der Waals surface area contributed by atoms with E-state index in [0.29, 0.717) is 5.56 Å². The Kier molecular flexibility index (Phi) is 7.34. The predicted octanol–water partition coefficient (Wildman–Crippen LogP) is 2.15. The molecule has 3 rings (SSSR count). The van der Waals surface area contributed by atoms with E-state index in [2.05, 4.69) is 9.89 Å². The minimum Gasteiger partial charge on any atom is -0.405 e. The van der Waals surface area contributed by atoms with E-state index in [1.54, 1.807) is 24.9 Å². The summed E-state index contributed by atoms with van der Waals surface area (Å²) in [5.41, 5.74) is 0.572. The van der Waals surface area contributed by atoms with Crippen LogP contribution in [-0.4, -0.2) is 79.7 Å². The van der Waals surface area contributed by atoms with E-state index in [1.165, 1.54) is 34.3 Å². The van der Waals surface area contributed by atoms with E-state index in [-0.39, 0.29) is 67.3 Å². The first kappa shape index (κ1) is 25.0. The summed E-state index contributed by atoms with van der Waals surface area (Å²) in [6.45, 7) is 3.73. The number of carbonyl (C=O) groups is 1. The van der Waals surface area contributed by atoms with Crippen molar-refractivity contribution in [2.45, 2.75) is 31.7 Å². The number of hydrogen-bond donors (Lipinski definition) is 0. The van der Waals surface area contributed by atoms with Crippen LogP contribution in [0.25, 0.3) is 0 Å². The predicted molar refractivity (Wildman–Crippen MR) is 111 cm³/mol. The van der Waals surface area contributed by atoms with E-state index in [9.17, 15) is 26.4 Å². The number of aromatic nitrogens is 1. The second-order valence-electron chi connectivity index (χ2n) is 7.77. The Morgan fingerprint density at radius 1 is 1.18 bits per heavy atom. The van der Waals surface area contributed by atoms with Crippen molar-refractivity contribution in [1.82, 2.24) is 19.3 Å². The third-order valence-corrected chi connectivity index (χ3v) is 7.34. The van der Waals surface area contributed by atoms with Crippen LogP contribution >= 0.6 is 0 Å². The molecule has 0 N–H and O–H groups in total. The minimum absolute atomic E-state index is 0.0433. The maximum atomic E-state index is 12.9. The summed E-state index contributed by atoms with van der Waals surface area (Å²) in [7, 11) is -2.18. The molecule has 1 aromatic carbocycles. The number of halogens is 3. The number of nitrogens with zero attached hydrogens (tertiary/aromatic N) is 4. The Hall–Kier alpha value is -2.64. The summed E-state index contributed by atoms with van der Waals surface area (Å²) >= 11 is 0. The van der Waals surface area contributed by atoms with Gasteiger partial charge in [-0.25, -0.2) is 8.42 Å². The van der Waals surface area contributed by atoms with E-state index < -0.39 is 16.4 Å². The number of ether oxygens (including phenoxy) is 1. The van der Waals surface area contributed by atoms with Crippen LogP contribution in [0.3, 0.4) is 0 Å². The van der Waals surface area contributed by atoms with Gasteiger partial charge in [-0.15, -0.1) is 13.2 Å². The second kappa shape index (κ2) is 9.69. The maximum absolute atomic E-state index is 12.9. The first-order chi connectivity index (χ1) is 15.4. The molecule has 0 unspecified atom stereocenters. The summed E-state index contributed by atoms with van der Waals surface area (Å²) in [4.78, 5) is 15.8. The monoisotopic (exact) mass is 490 g/mol. The summed E-state index contributed by atoms with van der Waals surface area (Å²) in [5.74, 6) is -0.356. The Labute approximate surface area is 189 Å². The van der Waals surface area contributed by atoms with Crippen molar-refractivity contribution in [2.75, 3.05) is 39.8 Å². The second-order valence-corrected chi connectivity index (χ2v) is 9.64. The van der Waals surface area contributed by atoms with Gasteiger partial charge in [0.1, 0.15) is 16.3 Å². The SMILES string of the molecule is Cc1noc(C)c1S(=O)(=O)N1CCN(C(=O)CN(C)Cc2ccccc2OC(F)(F)F)CC1. The van der Waals surface area contributed by atoms with Crippen LogP contribution in [-0.2, 0) is 21.4 Å². The quantitative estimate of drug-likeness (QED) is 0.587. The molecule has 33 heavy (non-hydrogen) atoms. The Bertz CT molecular complexity index is 1080. The van der Waals surface area contributed by atoms with Gasteiger partial charge in [0.2, 0.25) is 15.9 Å². The topological polar surface area (TPSA) is 96.2 Å². The fraction of sp³-hybridized carbons (Fsp3) is 0.500. The van der Waals surface area contributed by atoms with Crippen LogP contribution < -0.4 is 4.74 Å². The minimum atomic E-state index is -4.81. The van der Waals surface area contributed by atoms with Crippen LogP contribution in [0.15, 0.2) is 33.7 Å². The highest BCUT2D eigenvalue weighted by Gasteiger charge is 2.35. The van der Waals surface area contributed by atoms with Crippen LogP contribution in [0.5, 0.6) is 5.75 Å². The summed E-state index contributed by atoms with van der Waals surface area (Å²) in [6.07, 6.45) is -4.81. The van der Waals surface area contributed by atoms with Crippen molar-refractivity contribution < 1.29 is 35.6 Å². The van der Waals surface area contributed by atoms with Crippen molar-refractivity contribution in [1.29, 1.82) is 0 Å². The molecule has 0 saturated carbocycles. The molecule has 1 aromatic heterocycles. The lowest BCUT2D eigenvalue weighted by Gasteiger charge is -2.34. The van der Waals surface area contributed by atoms with Gasteiger partial charge in [-0.1, -0.05) is 23.4 Å². The van der Waals surface area contributed by atoms with Gasteiger partial charge in [-0.3, -0.25) is 9.69 Å². The third kappa shape index (κ3) is 6.03. The highest BCUT2D eigenvalue weighted by molar-refractivity contribution is 7.89. The number of amides is 1. The van der Waals surface area contributed by atoms with Gasteiger partial charge in [0.15, 0.2) is 5.76 Å². The zero-order valence-electron chi connectivity index (χ0n) is 18.4. The zero-order chi connectivity index (χ0) is 24.4. The number of aryl methyl sites for hydroxylation is 2. The van der Waals surface area contributed by atoms with Gasteiger partial charge in [0.05, 0.1) is 6.54 Å². The number of piperazine rings is 1. The number of rotatable bonds is 7. The largest absolute Gasteiger partial charge is 0.573 e. The number of hydrogen-bond acceptors (Lipinski definition) is 7. The molecule has 0 atom stereocenters. The molecule has 1 aliphatic heterocycles. The van der Waals surface area contributed by atoms with E-state index in [1.807, 2.05) is 0 Å². The zero-order valence-corrected chi connectivity index (χ0v) is 19.2. The Balaban J connectivity index is 1.57. The van der Waals surface area contributed by atoms with Gasteiger partial charge < -0.3 is 14.2 Å². The number of carbonyl (C=O) groups excluding carboxylic acids is 1. The Morgan fingerprint density at radius 2 is 1.82 bits per heavy atom. The van der Waals surface area contributed by atoms with Gasteiger partial charge in [-0.05, 0) is 27.0 Å². The molecule has 13 heteroatoms. The number of sulfonamides is 1. The Morgan fingerprint density at radius 3 is 2.39 bits per heavy atom. The molecule has 1 fully saturated rings. The van der Waals surface area contributed by atoms with E-state index in [0.717, 1.165) is 0 Å². The molecule has 182 valence electrons. The van der Waals surface area contributed by atoms with Crippen LogP contribution in [0.1, 0.15) is 17.0 Å². The fourth-order valence-electron chi connectivity index (χ4n) is 3.69. The molecule has 0 bridgehead atoms. The standard InChI is InChI=1S/C20H25F3N4O5S/c1-14-19(15(2)32-24-14)33(29,30)27-10-8-26(9-11-27)18(28)13-25(3)12-16-6-4-5-7-17(16)31-20(21,22)23/h4-7H,8-13H2,1-3H3. The normalized spacial score (nSPS) is 15.8. The molecule has 0 spiro atoms. The van der Waals surface area contributed by atoms with Gasteiger partial charge in [0, 0.05) is 38.3 Å². The first-order valence-corrected chi connectivity index (χ1v) is 11.6. The highest BCUT2D eigenvalue weighted by atomic mass is 32.2. The molecule has 9 nitrogen and oxygen atoms in total.